The van der Waals surface area contributed by atoms with Gasteiger partial charge >= 0.3 is 0 Å². The van der Waals surface area contributed by atoms with Crippen LogP contribution in [0.15, 0.2) is 40.9 Å². The summed E-state index contributed by atoms with van der Waals surface area (Å²) in [4.78, 5) is 12.1. The first kappa shape index (κ1) is 14.2. The Morgan fingerprint density at radius 3 is 2.80 bits per heavy atom. The second kappa shape index (κ2) is 5.85. The van der Waals surface area contributed by atoms with Crippen molar-refractivity contribution < 1.29 is 9.18 Å². The van der Waals surface area contributed by atoms with Crippen LogP contribution in [0, 0.1) is 24.1 Å². The van der Waals surface area contributed by atoms with Gasteiger partial charge in [0, 0.05) is 5.69 Å². The Balaban J connectivity index is 2.33. The van der Waals surface area contributed by atoms with Crippen LogP contribution in [0.5, 0.6) is 0 Å². The van der Waals surface area contributed by atoms with Gasteiger partial charge in [-0.15, -0.1) is 0 Å². The zero-order chi connectivity index (χ0) is 14.7. The number of amides is 1. The summed E-state index contributed by atoms with van der Waals surface area (Å²) < 4.78 is 13.5. The van der Waals surface area contributed by atoms with Gasteiger partial charge in [0.25, 0.3) is 5.91 Å². The van der Waals surface area contributed by atoms with Gasteiger partial charge in [0.2, 0.25) is 0 Å². The van der Waals surface area contributed by atoms with Crippen LogP contribution < -0.4 is 5.32 Å². The first-order chi connectivity index (χ1) is 9.52. The predicted molar refractivity (Wildman–Crippen MR) is 77.9 cm³/mol. The number of anilines is 1. The number of nitrogens with one attached hydrogen (secondary N) is 1. The molecule has 0 bridgehead atoms. The molecule has 0 heterocycles. The number of nitriles is 1. The van der Waals surface area contributed by atoms with E-state index in [0.717, 1.165) is 5.56 Å². The van der Waals surface area contributed by atoms with Crippen molar-refractivity contribution in [2.45, 2.75) is 6.92 Å². The molecule has 0 saturated heterocycles. The Kier molecular flexibility index (Phi) is 4.16. The van der Waals surface area contributed by atoms with E-state index in [1.807, 2.05) is 13.0 Å². The largest absolute Gasteiger partial charge is 0.322 e. The monoisotopic (exact) mass is 332 g/mol. The van der Waals surface area contributed by atoms with Gasteiger partial charge in [-0.2, -0.15) is 5.26 Å². The van der Waals surface area contributed by atoms with Gasteiger partial charge < -0.3 is 5.32 Å². The Morgan fingerprint density at radius 1 is 1.35 bits per heavy atom. The van der Waals surface area contributed by atoms with Crippen molar-refractivity contribution in [1.82, 2.24) is 0 Å². The molecule has 0 aliphatic rings. The van der Waals surface area contributed by atoms with Crippen LogP contribution in [0.1, 0.15) is 21.5 Å². The highest BCUT2D eigenvalue weighted by Gasteiger charge is 2.14. The molecule has 0 fully saturated rings. The van der Waals surface area contributed by atoms with Crippen molar-refractivity contribution in [3.05, 3.63) is 63.4 Å². The predicted octanol–water partition coefficient (Wildman–Crippen LogP) is 4.02. The maximum atomic E-state index is 13.4. The number of nitrogens with zero attached hydrogens (tertiary/aromatic N) is 1. The third-order valence-electron chi connectivity index (χ3n) is 2.81. The van der Waals surface area contributed by atoms with Crippen molar-refractivity contribution >= 4 is 27.5 Å². The van der Waals surface area contributed by atoms with Crippen LogP contribution in [-0.2, 0) is 0 Å². The Bertz CT molecular complexity index is 722. The molecule has 0 spiro atoms. The van der Waals surface area contributed by atoms with Gasteiger partial charge in [-0.1, -0.05) is 12.1 Å². The molecule has 0 saturated carbocycles. The maximum Gasteiger partial charge on any atom is 0.256 e. The number of carbonyl (C=O) groups excluding carboxylic acids is 1. The molecule has 0 aromatic heterocycles. The van der Waals surface area contributed by atoms with Crippen LogP contribution in [0.3, 0.4) is 0 Å². The molecule has 0 aliphatic heterocycles. The molecule has 100 valence electrons. The van der Waals surface area contributed by atoms with Crippen LogP contribution in [0.4, 0.5) is 10.1 Å². The number of halogens is 2. The fraction of sp³-hybridized carbons (Fsp3) is 0.0667. The van der Waals surface area contributed by atoms with E-state index in [1.54, 1.807) is 18.2 Å². The zero-order valence-corrected chi connectivity index (χ0v) is 12.2. The number of hydrogen-bond acceptors (Lipinski definition) is 2. The third kappa shape index (κ3) is 2.86. The second-order valence-corrected chi connectivity index (χ2v) is 4.99. The standard InChI is InChI=1S/C15H10BrFN2O/c1-9-5-6-10(8-18)7-13(9)19-15(20)11-3-2-4-12(17)14(11)16/h2-7H,1H3,(H,19,20). The molecule has 1 amide bonds. The number of carbonyl (C=O) groups is 1. The molecule has 0 radical (unpaired) electrons. The lowest BCUT2D eigenvalue weighted by Crippen LogP contribution is -2.14. The van der Waals surface area contributed by atoms with Crippen LogP contribution in [0.2, 0.25) is 0 Å². The van der Waals surface area contributed by atoms with Gasteiger partial charge in [0.05, 0.1) is 21.7 Å². The summed E-state index contributed by atoms with van der Waals surface area (Å²) in [7, 11) is 0. The maximum absolute atomic E-state index is 13.4. The van der Waals surface area contributed by atoms with Crippen molar-refractivity contribution in [2.75, 3.05) is 5.32 Å². The van der Waals surface area contributed by atoms with E-state index >= 15 is 0 Å². The molecule has 2 aromatic carbocycles. The molecule has 2 rings (SSSR count). The Morgan fingerprint density at radius 2 is 2.10 bits per heavy atom. The lowest BCUT2D eigenvalue weighted by atomic mass is 10.1. The van der Waals surface area contributed by atoms with E-state index in [9.17, 15) is 9.18 Å². The van der Waals surface area contributed by atoms with Gasteiger partial charge in [-0.3, -0.25) is 4.79 Å². The summed E-state index contributed by atoms with van der Waals surface area (Å²) in [5.74, 6) is -0.935. The molecule has 0 atom stereocenters. The summed E-state index contributed by atoms with van der Waals surface area (Å²) in [5.41, 5.74) is 2.01. The van der Waals surface area contributed by atoms with Crippen LogP contribution >= 0.6 is 15.9 Å². The first-order valence-corrected chi connectivity index (χ1v) is 6.58. The molecular formula is C15H10BrFN2O. The highest BCUT2D eigenvalue weighted by atomic mass is 79.9. The minimum atomic E-state index is -0.500. The summed E-state index contributed by atoms with van der Waals surface area (Å²) in [6, 6.07) is 11.3. The summed E-state index contributed by atoms with van der Waals surface area (Å²) in [6.45, 7) is 1.82. The minimum Gasteiger partial charge on any atom is -0.322 e. The molecule has 3 nitrogen and oxygen atoms in total. The molecule has 2 aromatic rings. The van der Waals surface area contributed by atoms with Crippen LogP contribution in [0.25, 0.3) is 0 Å². The van der Waals surface area contributed by atoms with E-state index in [1.165, 1.54) is 18.2 Å². The van der Waals surface area contributed by atoms with E-state index in [4.69, 9.17) is 5.26 Å². The second-order valence-electron chi connectivity index (χ2n) is 4.20. The summed E-state index contributed by atoms with van der Waals surface area (Å²) in [5, 5.41) is 11.5. The first-order valence-electron chi connectivity index (χ1n) is 5.79. The molecule has 1 N–H and O–H groups in total. The van der Waals surface area contributed by atoms with Crippen molar-refractivity contribution in [3.8, 4) is 6.07 Å². The van der Waals surface area contributed by atoms with E-state index < -0.39 is 11.7 Å². The zero-order valence-electron chi connectivity index (χ0n) is 10.6. The number of benzene rings is 2. The number of rotatable bonds is 2. The highest BCUT2D eigenvalue weighted by Crippen LogP contribution is 2.23. The van der Waals surface area contributed by atoms with E-state index in [2.05, 4.69) is 21.2 Å². The van der Waals surface area contributed by atoms with Gasteiger partial charge in [-0.25, -0.2) is 4.39 Å². The van der Waals surface area contributed by atoms with Crippen molar-refractivity contribution in [3.63, 3.8) is 0 Å². The molecule has 5 heteroatoms. The normalized spacial score (nSPS) is 9.90. The van der Waals surface area contributed by atoms with Gasteiger partial charge in [-0.05, 0) is 52.7 Å². The van der Waals surface area contributed by atoms with Gasteiger partial charge in [0.15, 0.2) is 0 Å². The smallest absolute Gasteiger partial charge is 0.256 e. The topological polar surface area (TPSA) is 52.9 Å². The van der Waals surface area contributed by atoms with Crippen molar-refractivity contribution in [1.29, 1.82) is 5.26 Å². The average Bonchev–Trinajstić information content (AvgIpc) is 2.44. The van der Waals surface area contributed by atoms with Crippen molar-refractivity contribution in [2.24, 2.45) is 0 Å². The molecule has 0 unspecified atom stereocenters. The lowest BCUT2D eigenvalue weighted by Gasteiger charge is -2.10. The molecule has 20 heavy (non-hydrogen) atoms. The summed E-state index contributed by atoms with van der Waals surface area (Å²) >= 11 is 3.05. The fourth-order valence-electron chi connectivity index (χ4n) is 1.70. The SMILES string of the molecule is Cc1ccc(C#N)cc1NC(=O)c1cccc(F)c1Br. The van der Waals surface area contributed by atoms with Crippen LogP contribution in [-0.4, -0.2) is 5.91 Å². The van der Waals surface area contributed by atoms with Gasteiger partial charge in [0.1, 0.15) is 5.82 Å². The Labute approximate surface area is 124 Å². The molecule has 0 aliphatic carbocycles. The fourth-order valence-corrected chi connectivity index (χ4v) is 2.14. The summed E-state index contributed by atoms with van der Waals surface area (Å²) in [6.07, 6.45) is 0. The Hall–Kier alpha value is -2.19. The van der Waals surface area contributed by atoms with E-state index in [-0.39, 0.29) is 10.0 Å². The number of hydrogen-bond donors (Lipinski definition) is 1. The quantitative estimate of drug-likeness (QED) is 0.902. The lowest BCUT2D eigenvalue weighted by molar-refractivity contribution is 0.102. The van der Waals surface area contributed by atoms with E-state index in [0.29, 0.717) is 11.3 Å². The number of aryl methyl sites for hydroxylation is 1. The average molecular weight is 333 g/mol. The molecular weight excluding hydrogens is 323 g/mol. The highest BCUT2D eigenvalue weighted by molar-refractivity contribution is 9.10. The third-order valence-corrected chi connectivity index (χ3v) is 3.62. The minimum absolute atomic E-state index is 0.117.